The molecule has 2 rings (SSSR count). The summed E-state index contributed by atoms with van der Waals surface area (Å²) in [6, 6.07) is 6.50. The molecule has 1 aliphatic heterocycles. The zero-order chi connectivity index (χ0) is 16.8. The second kappa shape index (κ2) is 7.91. The molecule has 3 N–H and O–H groups in total. The second-order valence-electron chi connectivity index (χ2n) is 5.01. The van der Waals surface area contributed by atoms with Crippen LogP contribution in [0.15, 0.2) is 35.4 Å². The molecule has 1 heterocycles. The van der Waals surface area contributed by atoms with Gasteiger partial charge in [0.15, 0.2) is 6.29 Å². The number of ether oxygens (including phenoxy) is 2. The van der Waals surface area contributed by atoms with Gasteiger partial charge in [-0.25, -0.2) is 0 Å². The molecule has 0 saturated carbocycles. The number of nitrogens with one attached hydrogen (secondary N) is 1. The maximum atomic E-state index is 12.3. The van der Waals surface area contributed by atoms with Gasteiger partial charge in [0.05, 0.1) is 24.8 Å². The Morgan fingerprint density at radius 1 is 1.48 bits per heavy atom. The zero-order valence-corrected chi connectivity index (χ0v) is 12.4. The van der Waals surface area contributed by atoms with Gasteiger partial charge in [0, 0.05) is 17.6 Å². The molecule has 1 aromatic carbocycles. The molecular formula is C14H18N4O5. The number of aliphatic hydroxyl groups is 2. The Balaban J connectivity index is 2.24. The smallest absolute Gasteiger partial charge is 0.251 e. The van der Waals surface area contributed by atoms with Crippen molar-refractivity contribution in [3.05, 3.63) is 46.3 Å². The minimum absolute atomic E-state index is 0.404. The lowest BCUT2D eigenvalue weighted by Crippen LogP contribution is -2.63. The number of azide groups is 1. The van der Waals surface area contributed by atoms with Crippen LogP contribution in [-0.4, -0.2) is 60.4 Å². The summed E-state index contributed by atoms with van der Waals surface area (Å²) in [6.07, 6.45) is -3.22. The molecule has 0 aliphatic carbocycles. The van der Waals surface area contributed by atoms with Crippen LogP contribution >= 0.6 is 0 Å². The largest absolute Gasteiger partial charge is 0.394 e. The van der Waals surface area contributed by atoms with Gasteiger partial charge in [-0.15, -0.1) is 0 Å². The number of aliphatic hydroxyl groups excluding tert-OH is 2. The maximum absolute atomic E-state index is 12.3. The quantitative estimate of drug-likeness (QED) is 0.404. The summed E-state index contributed by atoms with van der Waals surface area (Å²) in [5.41, 5.74) is 9.12. The molecule has 1 aromatic rings. The number of carbonyl (C=O) groups excluding carboxylic acids is 1. The van der Waals surface area contributed by atoms with Crippen LogP contribution < -0.4 is 5.32 Å². The predicted octanol–water partition coefficient (Wildman–Crippen LogP) is 0.188. The summed E-state index contributed by atoms with van der Waals surface area (Å²) in [5.74, 6) is -0.422. The molecule has 124 valence electrons. The first-order valence-corrected chi connectivity index (χ1v) is 6.99. The lowest BCUT2D eigenvalue weighted by atomic mass is 9.94. The normalized spacial score (nSPS) is 30.3. The van der Waals surface area contributed by atoms with Crippen LogP contribution in [0.3, 0.4) is 0 Å². The summed E-state index contributed by atoms with van der Waals surface area (Å²) < 4.78 is 10.6. The minimum atomic E-state index is -1.27. The van der Waals surface area contributed by atoms with E-state index in [4.69, 9.17) is 15.0 Å². The van der Waals surface area contributed by atoms with Crippen LogP contribution in [0.25, 0.3) is 10.4 Å². The number of hydrogen-bond acceptors (Lipinski definition) is 6. The Morgan fingerprint density at radius 2 is 2.17 bits per heavy atom. The highest BCUT2D eigenvalue weighted by atomic mass is 16.7. The zero-order valence-electron chi connectivity index (χ0n) is 12.4. The average molecular weight is 322 g/mol. The van der Waals surface area contributed by atoms with E-state index in [-0.39, 0.29) is 0 Å². The number of nitrogens with zero attached hydrogens (tertiary/aromatic N) is 3. The van der Waals surface area contributed by atoms with Crippen molar-refractivity contribution in [3.63, 3.8) is 0 Å². The van der Waals surface area contributed by atoms with Gasteiger partial charge in [-0.05, 0) is 17.7 Å². The van der Waals surface area contributed by atoms with Crippen molar-refractivity contribution in [1.29, 1.82) is 0 Å². The Morgan fingerprint density at radius 3 is 2.74 bits per heavy atom. The Kier molecular flexibility index (Phi) is 5.91. The lowest BCUT2D eigenvalue weighted by Gasteiger charge is -2.42. The molecular weight excluding hydrogens is 304 g/mol. The number of hydrogen-bond donors (Lipinski definition) is 3. The molecule has 0 spiro atoms. The van der Waals surface area contributed by atoms with E-state index in [1.54, 1.807) is 30.3 Å². The Labute approximate surface area is 132 Å². The van der Waals surface area contributed by atoms with Crippen molar-refractivity contribution in [2.75, 3.05) is 13.7 Å². The molecule has 1 fully saturated rings. The van der Waals surface area contributed by atoms with Crippen molar-refractivity contribution in [1.82, 2.24) is 5.32 Å². The first-order chi connectivity index (χ1) is 11.1. The average Bonchev–Trinajstić information content (AvgIpc) is 2.59. The van der Waals surface area contributed by atoms with E-state index < -0.39 is 43.1 Å². The fraction of sp³-hybridized carbons (Fsp3) is 0.500. The van der Waals surface area contributed by atoms with Crippen LogP contribution in [0.1, 0.15) is 10.4 Å². The molecule has 0 aromatic heterocycles. The summed E-state index contributed by atoms with van der Waals surface area (Å²) >= 11 is 0. The molecule has 9 nitrogen and oxygen atoms in total. The summed E-state index contributed by atoms with van der Waals surface area (Å²) in [6.45, 7) is -0.474. The van der Waals surface area contributed by atoms with E-state index in [1.807, 2.05) is 0 Å². The highest BCUT2D eigenvalue weighted by molar-refractivity contribution is 5.94. The van der Waals surface area contributed by atoms with Gasteiger partial charge in [-0.1, -0.05) is 23.3 Å². The van der Waals surface area contributed by atoms with Crippen LogP contribution in [0.2, 0.25) is 0 Å². The topological polar surface area (TPSA) is 137 Å². The van der Waals surface area contributed by atoms with Gasteiger partial charge >= 0.3 is 0 Å². The van der Waals surface area contributed by atoms with E-state index in [0.29, 0.717) is 5.56 Å². The van der Waals surface area contributed by atoms with Crippen LogP contribution in [0, 0.1) is 0 Å². The molecule has 23 heavy (non-hydrogen) atoms. The molecule has 5 atom stereocenters. The van der Waals surface area contributed by atoms with Crippen molar-refractivity contribution in [2.45, 2.75) is 30.6 Å². The highest BCUT2D eigenvalue weighted by Crippen LogP contribution is 2.24. The van der Waals surface area contributed by atoms with Crippen LogP contribution in [0.5, 0.6) is 0 Å². The van der Waals surface area contributed by atoms with E-state index in [1.165, 1.54) is 7.11 Å². The summed E-state index contributed by atoms with van der Waals surface area (Å²) in [5, 5.41) is 25.6. The molecule has 9 heteroatoms. The maximum Gasteiger partial charge on any atom is 0.251 e. The summed E-state index contributed by atoms with van der Waals surface area (Å²) in [7, 11) is 1.35. The minimum Gasteiger partial charge on any atom is -0.394 e. The van der Waals surface area contributed by atoms with Gasteiger partial charge in [-0.2, -0.15) is 0 Å². The Bertz CT molecular complexity index is 578. The molecule has 0 unspecified atom stereocenters. The third-order valence-corrected chi connectivity index (χ3v) is 3.63. The SMILES string of the molecule is CO[C@H]1O[C@@H](CO)[C@@H](O)[C@@H](N=[N+]=[N-])[C@@H]1NC(=O)c1ccccc1. The highest BCUT2D eigenvalue weighted by Gasteiger charge is 2.45. The molecule has 1 aliphatic rings. The van der Waals surface area contributed by atoms with Gasteiger partial charge in [0.25, 0.3) is 5.91 Å². The molecule has 0 bridgehead atoms. The predicted molar refractivity (Wildman–Crippen MR) is 79.4 cm³/mol. The third kappa shape index (κ3) is 3.79. The van der Waals surface area contributed by atoms with E-state index in [9.17, 15) is 15.0 Å². The molecule has 1 saturated heterocycles. The number of methoxy groups -OCH3 is 1. The van der Waals surface area contributed by atoms with Crippen molar-refractivity contribution in [2.24, 2.45) is 5.11 Å². The van der Waals surface area contributed by atoms with Crippen molar-refractivity contribution >= 4 is 5.91 Å². The Hall–Kier alpha value is -2.16. The number of amides is 1. The molecule has 0 radical (unpaired) electrons. The van der Waals surface area contributed by atoms with Gasteiger partial charge in [-0.3, -0.25) is 4.79 Å². The fourth-order valence-electron chi connectivity index (χ4n) is 2.46. The number of carbonyl (C=O) groups is 1. The number of benzene rings is 1. The fourth-order valence-corrected chi connectivity index (χ4v) is 2.46. The van der Waals surface area contributed by atoms with E-state index >= 15 is 0 Å². The standard InChI is InChI=1S/C14H18N4O5/c1-22-14-11(16-13(21)8-5-3-2-4-6-8)10(17-18-15)12(20)9(7-19)23-14/h2-6,9-12,14,19-20H,7H2,1H3,(H,16,21)/t9-,10-,11-,12+,14-/m0/s1. The van der Waals surface area contributed by atoms with Crippen molar-refractivity contribution < 1.29 is 24.5 Å². The van der Waals surface area contributed by atoms with Gasteiger partial charge < -0.3 is 25.0 Å². The van der Waals surface area contributed by atoms with Crippen LogP contribution in [0.4, 0.5) is 0 Å². The van der Waals surface area contributed by atoms with E-state index in [0.717, 1.165) is 0 Å². The van der Waals surface area contributed by atoms with Gasteiger partial charge in [0.2, 0.25) is 0 Å². The summed E-state index contributed by atoms with van der Waals surface area (Å²) in [4.78, 5) is 15.0. The number of rotatable bonds is 5. The lowest BCUT2D eigenvalue weighted by molar-refractivity contribution is -0.236. The second-order valence-corrected chi connectivity index (χ2v) is 5.01. The molecule has 1 amide bonds. The van der Waals surface area contributed by atoms with Crippen molar-refractivity contribution in [3.8, 4) is 0 Å². The third-order valence-electron chi connectivity index (χ3n) is 3.63. The van der Waals surface area contributed by atoms with E-state index in [2.05, 4.69) is 15.3 Å². The van der Waals surface area contributed by atoms with Crippen LogP contribution in [-0.2, 0) is 9.47 Å². The monoisotopic (exact) mass is 322 g/mol. The first kappa shape index (κ1) is 17.2. The first-order valence-electron chi connectivity index (χ1n) is 6.99. The van der Waals surface area contributed by atoms with Gasteiger partial charge in [0.1, 0.15) is 6.10 Å².